The van der Waals surface area contributed by atoms with Crippen molar-refractivity contribution >= 4 is 11.6 Å². The van der Waals surface area contributed by atoms with Crippen LogP contribution in [0.2, 0.25) is 5.02 Å². The van der Waals surface area contributed by atoms with Crippen LogP contribution in [0, 0.1) is 5.92 Å². The first kappa shape index (κ1) is 11.7. The second kappa shape index (κ2) is 5.07. The van der Waals surface area contributed by atoms with Crippen molar-refractivity contribution in [1.82, 2.24) is 0 Å². The number of rotatable bonds is 2. The summed E-state index contributed by atoms with van der Waals surface area (Å²) in [5, 5.41) is 9.76. The van der Waals surface area contributed by atoms with Crippen molar-refractivity contribution in [2.75, 3.05) is 0 Å². The predicted molar refractivity (Wildman–Crippen MR) is 66.6 cm³/mol. The van der Waals surface area contributed by atoms with Crippen molar-refractivity contribution in [3.8, 4) is 5.75 Å². The van der Waals surface area contributed by atoms with Crippen LogP contribution in [0.5, 0.6) is 5.75 Å². The Morgan fingerprint density at radius 1 is 1.25 bits per heavy atom. The van der Waals surface area contributed by atoms with Gasteiger partial charge in [0.2, 0.25) is 0 Å². The molecule has 1 fully saturated rings. The summed E-state index contributed by atoms with van der Waals surface area (Å²) in [7, 11) is 0. The van der Waals surface area contributed by atoms with E-state index in [9.17, 15) is 5.11 Å². The van der Waals surface area contributed by atoms with Crippen molar-refractivity contribution < 1.29 is 5.11 Å². The van der Waals surface area contributed by atoms with Gasteiger partial charge in [-0.05, 0) is 36.5 Å². The van der Waals surface area contributed by atoms with Crippen LogP contribution in [0.4, 0.5) is 0 Å². The summed E-state index contributed by atoms with van der Waals surface area (Å²) >= 11 is 5.89. The summed E-state index contributed by atoms with van der Waals surface area (Å²) in [4.78, 5) is 0. The third-order valence-electron chi connectivity index (χ3n) is 3.51. The van der Waals surface area contributed by atoms with Crippen molar-refractivity contribution in [3.63, 3.8) is 0 Å². The zero-order chi connectivity index (χ0) is 11.5. The van der Waals surface area contributed by atoms with E-state index in [-0.39, 0.29) is 11.8 Å². The predicted octanol–water partition coefficient (Wildman–Crippen LogP) is 3.63. The fourth-order valence-corrected chi connectivity index (χ4v) is 2.68. The van der Waals surface area contributed by atoms with E-state index in [1.165, 1.54) is 32.1 Å². The monoisotopic (exact) mass is 239 g/mol. The Morgan fingerprint density at radius 2 is 1.94 bits per heavy atom. The maximum absolute atomic E-state index is 9.36. The van der Waals surface area contributed by atoms with Gasteiger partial charge in [-0.15, -0.1) is 0 Å². The van der Waals surface area contributed by atoms with Gasteiger partial charge in [-0.25, -0.2) is 0 Å². The molecular weight excluding hydrogens is 222 g/mol. The number of nitrogens with two attached hydrogens (primary N) is 1. The van der Waals surface area contributed by atoms with Gasteiger partial charge in [0.05, 0.1) is 5.02 Å². The zero-order valence-electron chi connectivity index (χ0n) is 9.32. The highest BCUT2D eigenvalue weighted by Crippen LogP contribution is 2.35. The minimum Gasteiger partial charge on any atom is -0.506 e. The summed E-state index contributed by atoms with van der Waals surface area (Å²) in [6.07, 6.45) is 6.31. The van der Waals surface area contributed by atoms with Crippen LogP contribution in [0.1, 0.15) is 43.7 Å². The Balaban J connectivity index is 2.12. The van der Waals surface area contributed by atoms with Gasteiger partial charge in [0.25, 0.3) is 0 Å². The molecule has 1 aromatic rings. The van der Waals surface area contributed by atoms with Crippen LogP contribution in [0.25, 0.3) is 0 Å². The Labute approximate surface area is 101 Å². The molecule has 3 heteroatoms. The molecule has 0 radical (unpaired) electrons. The lowest BCUT2D eigenvalue weighted by Gasteiger charge is -2.27. The van der Waals surface area contributed by atoms with E-state index in [1.807, 2.05) is 6.07 Å². The molecule has 0 bridgehead atoms. The van der Waals surface area contributed by atoms with E-state index in [0.29, 0.717) is 10.9 Å². The Kier molecular flexibility index (Phi) is 3.72. The molecule has 1 atom stereocenters. The van der Waals surface area contributed by atoms with Crippen molar-refractivity contribution in [2.45, 2.75) is 38.1 Å². The SMILES string of the molecule is N[C@@H](c1ccc(O)c(Cl)c1)C1CCCCC1. The van der Waals surface area contributed by atoms with E-state index < -0.39 is 0 Å². The van der Waals surface area contributed by atoms with E-state index in [0.717, 1.165) is 5.56 Å². The quantitative estimate of drug-likeness (QED) is 0.828. The zero-order valence-corrected chi connectivity index (χ0v) is 10.1. The highest BCUT2D eigenvalue weighted by atomic mass is 35.5. The number of phenolic OH excluding ortho intramolecular Hbond substituents is 1. The van der Waals surface area contributed by atoms with Crippen LogP contribution in [-0.4, -0.2) is 5.11 Å². The summed E-state index contributed by atoms with van der Waals surface area (Å²) in [6.45, 7) is 0. The second-order valence-electron chi connectivity index (χ2n) is 4.63. The Bertz CT molecular complexity index is 361. The molecule has 1 aromatic carbocycles. The third kappa shape index (κ3) is 2.50. The van der Waals surface area contributed by atoms with Gasteiger partial charge in [-0.2, -0.15) is 0 Å². The van der Waals surface area contributed by atoms with Gasteiger partial charge >= 0.3 is 0 Å². The molecule has 0 unspecified atom stereocenters. The number of phenols is 1. The molecular formula is C13H18ClNO. The van der Waals surface area contributed by atoms with Crippen molar-refractivity contribution in [3.05, 3.63) is 28.8 Å². The van der Waals surface area contributed by atoms with Gasteiger partial charge in [-0.1, -0.05) is 36.9 Å². The largest absolute Gasteiger partial charge is 0.506 e. The lowest BCUT2D eigenvalue weighted by Crippen LogP contribution is -2.23. The van der Waals surface area contributed by atoms with Crippen LogP contribution >= 0.6 is 11.6 Å². The molecule has 1 aliphatic carbocycles. The molecule has 1 aliphatic rings. The normalized spacial score (nSPS) is 19.6. The Hall–Kier alpha value is -0.730. The first-order chi connectivity index (χ1) is 7.68. The van der Waals surface area contributed by atoms with E-state index in [2.05, 4.69) is 0 Å². The molecule has 0 spiro atoms. The van der Waals surface area contributed by atoms with E-state index >= 15 is 0 Å². The van der Waals surface area contributed by atoms with Gasteiger partial charge in [0, 0.05) is 6.04 Å². The van der Waals surface area contributed by atoms with Crippen LogP contribution < -0.4 is 5.73 Å². The standard InChI is InChI=1S/C13H18ClNO/c14-11-8-10(6-7-12(11)16)13(15)9-4-2-1-3-5-9/h6-9,13,16H,1-5,15H2/t13-/m1/s1. The number of aromatic hydroxyl groups is 1. The molecule has 0 saturated heterocycles. The van der Waals surface area contributed by atoms with E-state index in [4.69, 9.17) is 17.3 Å². The fraction of sp³-hybridized carbons (Fsp3) is 0.538. The summed E-state index contributed by atoms with van der Waals surface area (Å²) in [5.41, 5.74) is 7.29. The minimum absolute atomic E-state index is 0.0541. The van der Waals surface area contributed by atoms with Gasteiger partial charge in [-0.3, -0.25) is 0 Å². The first-order valence-corrected chi connectivity index (χ1v) is 6.30. The van der Waals surface area contributed by atoms with Gasteiger partial charge < -0.3 is 10.8 Å². The van der Waals surface area contributed by atoms with E-state index in [1.54, 1.807) is 12.1 Å². The fourth-order valence-electron chi connectivity index (χ4n) is 2.50. The minimum atomic E-state index is 0.0541. The first-order valence-electron chi connectivity index (χ1n) is 5.92. The summed E-state index contributed by atoms with van der Waals surface area (Å²) in [6, 6.07) is 5.34. The average Bonchev–Trinajstić information content (AvgIpc) is 2.33. The van der Waals surface area contributed by atoms with Crippen molar-refractivity contribution in [1.29, 1.82) is 0 Å². The average molecular weight is 240 g/mol. The lowest BCUT2D eigenvalue weighted by atomic mass is 9.81. The topological polar surface area (TPSA) is 46.2 Å². The second-order valence-corrected chi connectivity index (χ2v) is 5.04. The molecule has 88 valence electrons. The molecule has 16 heavy (non-hydrogen) atoms. The summed E-state index contributed by atoms with van der Waals surface area (Å²) in [5.74, 6) is 0.690. The number of hydrogen-bond acceptors (Lipinski definition) is 2. The molecule has 2 nitrogen and oxygen atoms in total. The van der Waals surface area contributed by atoms with Gasteiger partial charge in [0.15, 0.2) is 0 Å². The number of halogens is 1. The highest BCUT2D eigenvalue weighted by Gasteiger charge is 2.22. The smallest absolute Gasteiger partial charge is 0.134 e. The van der Waals surface area contributed by atoms with Crippen LogP contribution in [-0.2, 0) is 0 Å². The molecule has 1 saturated carbocycles. The van der Waals surface area contributed by atoms with Crippen LogP contribution in [0.15, 0.2) is 18.2 Å². The highest BCUT2D eigenvalue weighted by molar-refractivity contribution is 6.32. The maximum atomic E-state index is 9.36. The Morgan fingerprint density at radius 3 is 2.56 bits per heavy atom. The molecule has 0 aromatic heterocycles. The number of benzene rings is 1. The maximum Gasteiger partial charge on any atom is 0.134 e. The lowest BCUT2D eigenvalue weighted by molar-refractivity contribution is 0.308. The van der Waals surface area contributed by atoms with Gasteiger partial charge in [0.1, 0.15) is 5.75 Å². The molecule has 0 amide bonds. The number of hydrogen-bond donors (Lipinski definition) is 2. The molecule has 0 heterocycles. The van der Waals surface area contributed by atoms with Crippen molar-refractivity contribution in [2.24, 2.45) is 11.7 Å². The third-order valence-corrected chi connectivity index (χ3v) is 3.82. The molecule has 3 N–H and O–H groups in total. The molecule has 0 aliphatic heterocycles. The van der Waals surface area contributed by atoms with Crippen LogP contribution in [0.3, 0.4) is 0 Å². The summed E-state index contributed by atoms with van der Waals surface area (Å²) < 4.78 is 0. The molecule has 2 rings (SSSR count).